The molecule has 0 aliphatic heterocycles. The Morgan fingerprint density at radius 2 is 2.08 bits per heavy atom. The number of hydrogen-bond donors (Lipinski definition) is 0. The first-order chi connectivity index (χ1) is 12.7. The van der Waals surface area contributed by atoms with Crippen LogP contribution in [-0.2, 0) is 13.0 Å². The lowest BCUT2D eigenvalue weighted by molar-refractivity contribution is 0.729. The van der Waals surface area contributed by atoms with Crippen molar-refractivity contribution in [2.24, 2.45) is 0 Å². The van der Waals surface area contributed by atoms with Gasteiger partial charge in [0.2, 0.25) is 0 Å². The summed E-state index contributed by atoms with van der Waals surface area (Å²) >= 11 is 1.43. The molecule has 0 bridgehead atoms. The van der Waals surface area contributed by atoms with E-state index in [1.165, 1.54) is 17.3 Å². The summed E-state index contributed by atoms with van der Waals surface area (Å²) in [6.07, 6.45) is 5.94. The Balaban J connectivity index is 1.84. The Kier molecular flexibility index (Phi) is 5.82. The van der Waals surface area contributed by atoms with Crippen LogP contribution in [0.3, 0.4) is 0 Å². The molecular formula is C20H19N5S. The predicted octanol–water partition coefficient (Wildman–Crippen LogP) is 4.06. The molecule has 0 spiro atoms. The molecule has 0 amide bonds. The Morgan fingerprint density at radius 1 is 1.27 bits per heavy atom. The highest BCUT2D eigenvalue weighted by atomic mass is 32.2. The summed E-state index contributed by atoms with van der Waals surface area (Å²) in [4.78, 5) is 4.15. The van der Waals surface area contributed by atoms with Gasteiger partial charge in [-0.2, -0.15) is 5.26 Å². The van der Waals surface area contributed by atoms with E-state index in [0.717, 1.165) is 17.0 Å². The third kappa shape index (κ3) is 4.19. The molecule has 0 unspecified atom stereocenters. The SMILES string of the molecule is C=CCn1c(S[C@H](C#N)Cc2ccc(C)cc2)nnc1-c1cccnc1. The van der Waals surface area contributed by atoms with Gasteiger partial charge in [-0.05, 0) is 31.0 Å². The van der Waals surface area contributed by atoms with Crippen LogP contribution >= 0.6 is 11.8 Å². The predicted molar refractivity (Wildman–Crippen MR) is 104 cm³/mol. The Hall–Kier alpha value is -2.91. The normalized spacial score (nSPS) is 11.7. The average molecular weight is 361 g/mol. The second-order valence-corrected chi connectivity index (χ2v) is 7.04. The maximum absolute atomic E-state index is 9.59. The van der Waals surface area contributed by atoms with Gasteiger partial charge in [0.15, 0.2) is 11.0 Å². The highest BCUT2D eigenvalue weighted by Gasteiger charge is 2.18. The fraction of sp³-hybridized carbons (Fsp3) is 0.200. The number of allylic oxidation sites excluding steroid dienone is 1. The Labute approximate surface area is 157 Å². The van der Waals surface area contributed by atoms with E-state index in [2.05, 4.69) is 59.0 Å². The van der Waals surface area contributed by atoms with Crippen molar-refractivity contribution in [2.75, 3.05) is 0 Å². The number of thioether (sulfide) groups is 1. The molecule has 2 aromatic heterocycles. The second-order valence-electron chi connectivity index (χ2n) is 5.87. The average Bonchev–Trinajstić information content (AvgIpc) is 3.06. The number of aryl methyl sites for hydroxylation is 1. The van der Waals surface area contributed by atoms with Crippen LogP contribution in [0.4, 0.5) is 0 Å². The summed E-state index contributed by atoms with van der Waals surface area (Å²) in [6.45, 7) is 6.45. The standard InChI is InChI=1S/C20H19N5S/c1-3-11-25-19(17-5-4-10-22-14-17)23-24-20(25)26-18(13-21)12-16-8-6-15(2)7-9-16/h3-10,14,18H,1,11-12H2,2H3/t18-/m0/s1. The van der Waals surface area contributed by atoms with Crippen LogP contribution in [0.1, 0.15) is 11.1 Å². The summed E-state index contributed by atoms with van der Waals surface area (Å²) in [5.74, 6) is 0.729. The van der Waals surface area contributed by atoms with Gasteiger partial charge in [0.05, 0.1) is 6.07 Å². The minimum atomic E-state index is -0.243. The van der Waals surface area contributed by atoms with E-state index in [1.54, 1.807) is 18.5 Å². The number of aromatic nitrogens is 4. The van der Waals surface area contributed by atoms with Crippen molar-refractivity contribution in [3.8, 4) is 17.5 Å². The van der Waals surface area contributed by atoms with E-state index in [-0.39, 0.29) is 5.25 Å². The van der Waals surface area contributed by atoms with Gasteiger partial charge in [-0.15, -0.1) is 16.8 Å². The fourth-order valence-corrected chi connectivity index (χ4v) is 3.52. The van der Waals surface area contributed by atoms with Crippen LogP contribution in [0, 0.1) is 18.3 Å². The van der Waals surface area contributed by atoms with Crippen LogP contribution < -0.4 is 0 Å². The number of rotatable bonds is 7. The maximum Gasteiger partial charge on any atom is 0.193 e. The lowest BCUT2D eigenvalue weighted by atomic mass is 10.1. The van der Waals surface area contributed by atoms with Gasteiger partial charge in [0.1, 0.15) is 5.25 Å². The van der Waals surface area contributed by atoms with Crippen molar-refractivity contribution in [1.82, 2.24) is 19.7 Å². The molecule has 0 aliphatic carbocycles. The molecule has 3 aromatic rings. The molecule has 130 valence electrons. The zero-order valence-corrected chi connectivity index (χ0v) is 15.4. The van der Waals surface area contributed by atoms with Crippen molar-refractivity contribution < 1.29 is 0 Å². The first kappa shape index (κ1) is 17.9. The summed E-state index contributed by atoms with van der Waals surface area (Å²) in [5.41, 5.74) is 3.24. The lowest BCUT2D eigenvalue weighted by Gasteiger charge is -2.11. The van der Waals surface area contributed by atoms with Gasteiger partial charge in [-0.3, -0.25) is 9.55 Å². The number of pyridine rings is 1. The minimum absolute atomic E-state index is 0.243. The summed E-state index contributed by atoms with van der Waals surface area (Å²) in [6, 6.07) is 14.4. The van der Waals surface area contributed by atoms with Gasteiger partial charge in [-0.25, -0.2) is 0 Å². The molecule has 0 radical (unpaired) electrons. The molecule has 1 atom stereocenters. The van der Waals surface area contributed by atoms with Crippen LogP contribution in [0.25, 0.3) is 11.4 Å². The first-order valence-corrected chi connectivity index (χ1v) is 9.15. The second kappa shape index (κ2) is 8.45. The van der Waals surface area contributed by atoms with Crippen LogP contribution in [-0.4, -0.2) is 25.0 Å². The molecule has 26 heavy (non-hydrogen) atoms. The quantitative estimate of drug-likeness (QED) is 0.469. The third-order valence-corrected chi connectivity index (χ3v) is 4.95. The van der Waals surface area contributed by atoms with Gasteiger partial charge in [-0.1, -0.05) is 47.7 Å². The van der Waals surface area contributed by atoms with E-state index in [4.69, 9.17) is 0 Å². The highest BCUT2D eigenvalue weighted by Crippen LogP contribution is 2.28. The fourth-order valence-electron chi connectivity index (χ4n) is 2.56. The summed E-state index contributed by atoms with van der Waals surface area (Å²) < 4.78 is 1.97. The third-order valence-electron chi connectivity index (χ3n) is 3.88. The van der Waals surface area contributed by atoms with Crippen molar-refractivity contribution in [2.45, 2.75) is 30.3 Å². The van der Waals surface area contributed by atoms with Gasteiger partial charge < -0.3 is 0 Å². The Morgan fingerprint density at radius 3 is 2.73 bits per heavy atom. The first-order valence-electron chi connectivity index (χ1n) is 8.27. The van der Waals surface area contributed by atoms with Gasteiger partial charge in [0.25, 0.3) is 0 Å². The van der Waals surface area contributed by atoms with Crippen molar-refractivity contribution in [1.29, 1.82) is 5.26 Å². The summed E-state index contributed by atoms with van der Waals surface area (Å²) in [7, 11) is 0. The number of nitriles is 1. The van der Waals surface area contributed by atoms with Gasteiger partial charge >= 0.3 is 0 Å². The highest BCUT2D eigenvalue weighted by molar-refractivity contribution is 8.00. The lowest BCUT2D eigenvalue weighted by Crippen LogP contribution is -2.07. The molecule has 1 aromatic carbocycles. The molecule has 0 fully saturated rings. The topological polar surface area (TPSA) is 67.4 Å². The van der Waals surface area contributed by atoms with Crippen LogP contribution in [0.15, 0.2) is 66.6 Å². The van der Waals surface area contributed by atoms with E-state index in [1.807, 2.05) is 16.7 Å². The zero-order valence-electron chi connectivity index (χ0n) is 14.5. The summed E-state index contributed by atoms with van der Waals surface area (Å²) in [5, 5.41) is 18.7. The van der Waals surface area contributed by atoms with E-state index in [9.17, 15) is 5.26 Å². The monoisotopic (exact) mass is 361 g/mol. The zero-order chi connectivity index (χ0) is 18.4. The number of hydrogen-bond acceptors (Lipinski definition) is 5. The number of benzene rings is 1. The molecule has 0 saturated heterocycles. The Bertz CT molecular complexity index is 910. The molecule has 5 nitrogen and oxygen atoms in total. The minimum Gasteiger partial charge on any atom is -0.298 e. The molecular weight excluding hydrogens is 342 g/mol. The van der Waals surface area contributed by atoms with Crippen molar-refractivity contribution in [3.63, 3.8) is 0 Å². The molecule has 3 rings (SSSR count). The molecule has 0 saturated carbocycles. The molecule has 0 aliphatic rings. The molecule has 2 heterocycles. The maximum atomic E-state index is 9.59. The van der Waals surface area contributed by atoms with Crippen molar-refractivity contribution in [3.05, 3.63) is 72.6 Å². The van der Waals surface area contributed by atoms with Crippen molar-refractivity contribution >= 4 is 11.8 Å². The molecule has 0 N–H and O–H groups in total. The van der Waals surface area contributed by atoms with E-state index >= 15 is 0 Å². The molecule has 6 heteroatoms. The van der Waals surface area contributed by atoms with E-state index in [0.29, 0.717) is 18.1 Å². The van der Waals surface area contributed by atoms with E-state index < -0.39 is 0 Å². The smallest absolute Gasteiger partial charge is 0.193 e. The van der Waals surface area contributed by atoms with Crippen LogP contribution in [0.5, 0.6) is 0 Å². The largest absolute Gasteiger partial charge is 0.298 e. The van der Waals surface area contributed by atoms with Crippen LogP contribution in [0.2, 0.25) is 0 Å². The number of nitrogens with zero attached hydrogens (tertiary/aromatic N) is 5. The van der Waals surface area contributed by atoms with Gasteiger partial charge in [0, 0.05) is 24.5 Å².